The van der Waals surface area contributed by atoms with Crippen molar-refractivity contribution in [2.75, 3.05) is 13.2 Å². The summed E-state index contributed by atoms with van der Waals surface area (Å²) in [5.41, 5.74) is 6.03. The summed E-state index contributed by atoms with van der Waals surface area (Å²) in [6, 6.07) is 10.9. The van der Waals surface area contributed by atoms with Crippen molar-refractivity contribution in [3.63, 3.8) is 0 Å². The number of ether oxygens (including phenoxy) is 1. The molecule has 0 fully saturated rings. The van der Waals surface area contributed by atoms with Gasteiger partial charge in [0.2, 0.25) is 0 Å². The lowest BCUT2D eigenvalue weighted by atomic mass is 10.1. The van der Waals surface area contributed by atoms with Crippen LogP contribution in [0, 0.1) is 0 Å². The number of rotatable bonds is 7. The summed E-state index contributed by atoms with van der Waals surface area (Å²) in [4.78, 5) is 12.0. The van der Waals surface area contributed by atoms with Crippen molar-refractivity contribution in [2.45, 2.75) is 18.8 Å². The first kappa shape index (κ1) is 19.7. The van der Waals surface area contributed by atoms with E-state index in [1.165, 1.54) is 12.1 Å². The Bertz CT molecular complexity index is 716. The van der Waals surface area contributed by atoms with Gasteiger partial charge in [-0.2, -0.15) is 13.2 Å². The Hall–Kier alpha value is -2.58. The van der Waals surface area contributed by atoms with Crippen LogP contribution < -0.4 is 15.8 Å². The molecule has 0 bridgehead atoms. The van der Waals surface area contributed by atoms with E-state index in [2.05, 4.69) is 5.32 Å². The van der Waals surface area contributed by atoms with Crippen molar-refractivity contribution in [3.05, 3.63) is 65.2 Å². The predicted octanol–water partition coefficient (Wildman–Crippen LogP) is 2.33. The summed E-state index contributed by atoms with van der Waals surface area (Å²) in [6.45, 7) is 0.151. The maximum atomic E-state index is 12.5. The average molecular weight is 368 g/mol. The number of amides is 1. The highest BCUT2D eigenvalue weighted by atomic mass is 19.4. The van der Waals surface area contributed by atoms with E-state index in [0.717, 1.165) is 17.7 Å². The molecule has 1 unspecified atom stereocenters. The average Bonchev–Trinajstić information content (AvgIpc) is 2.64. The Kier molecular flexibility index (Phi) is 6.59. The van der Waals surface area contributed by atoms with Crippen LogP contribution in [0.4, 0.5) is 13.2 Å². The Balaban J connectivity index is 1.77. The van der Waals surface area contributed by atoms with Crippen molar-refractivity contribution in [1.29, 1.82) is 0 Å². The van der Waals surface area contributed by atoms with Gasteiger partial charge in [0.1, 0.15) is 18.5 Å². The van der Waals surface area contributed by atoms with Gasteiger partial charge in [-0.15, -0.1) is 0 Å². The van der Waals surface area contributed by atoms with Gasteiger partial charge in [0, 0.05) is 18.7 Å². The monoisotopic (exact) mass is 368 g/mol. The van der Waals surface area contributed by atoms with Gasteiger partial charge in [0.05, 0.1) is 5.56 Å². The maximum Gasteiger partial charge on any atom is 0.416 e. The Morgan fingerprint density at radius 1 is 1.12 bits per heavy atom. The summed E-state index contributed by atoms with van der Waals surface area (Å²) < 4.78 is 42.6. The molecule has 0 saturated heterocycles. The molecular formula is C18H19F3N2O3. The smallest absolute Gasteiger partial charge is 0.416 e. The lowest BCUT2D eigenvalue weighted by Crippen LogP contribution is -2.35. The molecule has 0 spiro atoms. The molecule has 0 aliphatic rings. The van der Waals surface area contributed by atoms with Crippen LogP contribution in [0.3, 0.4) is 0 Å². The van der Waals surface area contributed by atoms with Gasteiger partial charge in [-0.3, -0.25) is 4.79 Å². The molecule has 1 atom stereocenters. The standard InChI is InChI=1S/C18H19F3N2O3/c19-18(20,21)14-5-7-16(8-6-14)26-11-15(24)10-23-17(25)13-3-1-12(9-22)2-4-13/h1-8,15,24H,9-11,22H2,(H,23,25). The largest absolute Gasteiger partial charge is 0.491 e. The minimum atomic E-state index is -4.41. The molecule has 140 valence electrons. The van der Waals surface area contributed by atoms with Gasteiger partial charge in [-0.25, -0.2) is 0 Å². The summed E-state index contributed by atoms with van der Waals surface area (Å²) in [5.74, 6) is -0.164. The second-order valence-electron chi connectivity index (χ2n) is 5.60. The molecule has 2 rings (SSSR count). The zero-order valence-electron chi connectivity index (χ0n) is 13.8. The van der Waals surface area contributed by atoms with Crippen molar-refractivity contribution >= 4 is 5.91 Å². The highest BCUT2D eigenvalue weighted by molar-refractivity contribution is 5.94. The van der Waals surface area contributed by atoms with Crippen LogP contribution in [0.2, 0.25) is 0 Å². The van der Waals surface area contributed by atoms with Crippen LogP contribution >= 0.6 is 0 Å². The van der Waals surface area contributed by atoms with E-state index < -0.39 is 17.8 Å². The number of aliphatic hydroxyl groups excluding tert-OH is 1. The van der Waals surface area contributed by atoms with E-state index in [0.29, 0.717) is 12.1 Å². The number of carbonyl (C=O) groups excluding carboxylic acids is 1. The predicted molar refractivity (Wildman–Crippen MR) is 89.6 cm³/mol. The van der Waals surface area contributed by atoms with Gasteiger partial charge in [0.25, 0.3) is 5.91 Å². The first-order chi connectivity index (χ1) is 12.3. The third kappa shape index (κ3) is 5.75. The van der Waals surface area contributed by atoms with Crippen LogP contribution in [0.15, 0.2) is 48.5 Å². The molecule has 0 aliphatic carbocycles. The molecule has 1 amide bonds. The first-order valence-electron chi connectivity index (χ1n) is 7.85. The summed E-state index contributed by atoms with van der Waals surface area (Å²) in [5, 5.41) is 12.4. The quantitative estimate of drug-likeness (QED) is 0.700. The summed E-state index contributed by atoms with van der Waals surface area (Å²) in [6.07, 6.45) is -5.42. The van der Waals surface area contributed by atoms with Crippen LogP contribution in [-0.2, 0) is 12.7 Å². The van der Waals surface area contributed by atoms with Crippen molar-refractivity contribution in [3.8, 4) is 5.75 Å². The minimum absolute atomic E-state index is 0.0574. The number of carbonyl (C=O) groups is 1. The number of alkyl halides is 3. The van der Waals surface area contributed by atoms with E-state index >= 15 is 0 Å². The topological polar surface area (TPSA) is 84.6 Å². The van der Waals surface area contributed by atoms with Crippen LogP contribution in [0.1, 0.15) is 21.5 Å². The first-order valence-corrected chi connectivity index (χ1v) is 7.85. The number of hydrogen-bond acceptors (Lipinski definition) is 4. The van der Waals surface area contributed by atoms with Crippen LogP contribution in [-0.4, -0.2) is 30.3 Å². The van der Waals surface area contributed by atoms with Crippen molar-refractivity contribution in [2.24, 2.45) is 5.73 Å². The van der Waals surface area contributed by atoms with Gasteiger partial charge in [-0.05, 0) is 42.0 Å². The minimum Gasteiger partial charge on any atom is -0.491 e. The van der Waals surface area contributed by atoms with E-state index in [1.807, 2.05) is 0 Å². The second kappa shape index (κ2) is 8.68. The fourth-order valence-corrected chi connectivity index (χ4v) is 2.10. The van der Waals surface area contributed by atoms with Crippen LogP contribution in [0.25, 0.3) is 0 Å². The molecule has 0 saturated carbocycles. The van der Waals surface area contributed by atoms with Crippen LogP contribution in [0.5, 0.6) is 5.75 Å². The van der Waals surface area contributed by atoms with Crippen molar-refractivity contribution < 1.29 is 27.8 Å². The van der Waals surface area contributed by atoms with E-state index in [9.17, 15) is 23.1 Å². The molecule has 0 aromatic heterocycles. The molecule has 5 nitrogen and oxygen atoms in total. The Morgan fingerprint density at radius 3 is 2.27 bits per heavy atom. The summed E-state index contributed by atoms with van der Waals surface area (Å²) >= 11 is 0. The highest BCUT2D eigenvalue weighted by Crippen LogP contribution is 2.30. The van der Waals surface area contributed by atoms with Gasteiger partial charge in [-0.1, -0.05) is 12.1 Å². The number of halogens is 3. The third-order valence-corrected chi connectivity index (χ3v) is 3.57. The van der Waals surface area contributed by atoms with Crippen molar-refractivity contribution in [1.82, 2.24) is 5.32 Å². The molecule has 0 heterocycles. The van der Waals surface area contributed by atoms with Gasteiger partial charge in [0.15, 0.2) is 0 Å². The zero-order chi connectivity index (χ0) is 19.2. The SMILES string of the molecule is NCc1ccc(C(=O)NCC(O)COc2ccc(C(F)(F)F)cc2)cc1. The second-order valence-corrected chi connectivity index (χ2v) is 5.60. The fraction of sp³-hybridized carbons (Fsp3) is 0.278. The molecule has 4 N–H and O–H groups in total. The number of nitrogens with two attached hydrogens (primary N) is 1. The zero-order valence-corrected chi connectivity index (χ0v) is 13.8. The Morgan fingerprint density at radius 2 is 1.73 bits per heavy atom. The number of benzene rings is 2. The number of nitrogens with one attached hydrogen (secondary N) is 1. The molecule has 0 aliphatic heterocycles. The highest BCUT2D eigenvalue weighted by Gasteiger charge is 2.30. The summed E-state index contributed by atoms with van der Waals surface area (Å²) in [7, 11) is 0. The maximum absolute atomic E-state index is 12.5. The number of aliphatic hydroxyl groups is 1. The third-order valence-electron chi connectivity index (χ3n) is 3.57. The normalized spacial score (nSPS) is 12.5. The van der Waals surface area contributed by atoms with Gasteiger partial charge < -0.3 is 20.9 Å². The van der Waals surface area contributed by atoms with E-state index in [4.69, 9.17) is 10.5 Å². The molecule has 8 heteroatoms. The molecular weight excluding hydrogens is 349 g/mol. The molecule has 2 aromatic carbocycles. The van der Waals surface area contributed by atoms with Gasteiger partial charge >= 0.3 is 6.18 Å². The fourth-order valence-electron chi connectivity index (χ4n) is 2.10. The van der Waals surface area contributed by atoms with E-state index in [1.54, 1.807) is 24.3 Å². The lowest BCUT2D eigenvalue weighted by molar-refractivity contribution is -0.137. The molecule has 26 heavy (non-hydrogen) atoms. The Labute approximate surface area is 148 Å². The molecule has 0 radical (unpaired) electrons. The lowest BCUT2D eigenvalue weighted by Gasteiger charge is -2.14. The molecule has 2 aromatic rings. The van der Waals surface area contributed by atoms with E-state index in [-0.39, 0.29) is 24.8 Å². The number of hydrogen-bond donors (Lipinski definition) is 3.